The van der Waals surface area contributed by atoms with E-state index in [1.54, 1.807) is 29.3 Å². The van der Waals surface area contributed by atoms with Crippen LogP contribution < -0.4 is 11.1 Å². The van der Waals surface area contributed by atoms with Crippen molar-refractivity contribution in [3.8, 4) is 0 Å². The van der Waals surface area contributed by atoms with E-state index in [2.05, 4.69) is 17.2 Å². The van der Waals surface area contributed by atoms with Crippen molar-refractivity contribution >= 4 is 11.8 Å². The number of nitrogens with two attached hydrogens (primary N) is 1. The SMILES string of the molecule is CCCN(CCC)C(=O)c1cc(C)cc(C(=O)NC(Cc2cc(F)cc(F)c2)C(N)COCc2cc(CC)ccn2)c1. The van der Waals surface area contributed by atoms with Crippen LogP contribution in [0.25, 0.3) is 0 Å². The summed E-state index contributed by atoms with van der Waals surface area (Å²) >= 11 is 0. The molecule has 7 nitrogen and oxygen atoms in total. The van der Waals surface area contributed by atoms with E-state index in [1.807, 2.05) is 32.9 Å². The average Bonchev–Trinajstić information content (AvgIpc) is 2.95. The van der Waals surface area contributed by atoms with Crippen molar-refractivity contribution in [3.05, 3.63) is 99.9 Å². The lowest BCUT2D eigenvalue weighted by Crippen LogP contribution is -2.51. The molecule has 0 aliphatic carbocycles. The molecule has 9 heteroatoms. The molecular formula is C33H42F2N4O3. The number of aromatic nitrogens is 1. The smallest absolute Gasteiger partial charge is 0.253 e. The molecule has 42 heavy (non-hydrogen) atoms. The maximum Gasteiger partial charge on any atom is 0.253 e. The first-order valence-electron chi connectivity index (χ1n) is 14.6. The van der Waals surface area contributed by atoms with E-state index in [1.165, 1.54) is 12.1 Å². The van der Waals surface area contributed by atoms with E-state index >= 15 is 0 Å². The van der Waals surface area contributed by atoms with Gasteiger partial charge < -0.3 is 20.7 Å². The third-order valence-electron chi connectivity index (χ3n) is 6.92. The van der Waals surface area contributed by atoms with Crippen LogP contribution in [0.2, 0.25) is 0 Å². The van der Waals surface area contributed by atoms with Crippen molar-refractivity contribution in [2.75, 3.05) is 19.7 Å². The van der Waals surface area contributed by atoms with Gasteiger partial charge in [0.05, 0.1) is 24.9 Å². The van der Waals surface area contributed by atoms with Crippen LogP contribution in [0.4, 0.5) is 8.78 Å². The molecule has 1 heterocycles. The normalized spacial score (nSPS) is 12.5. The van der Waals surface area contributed by atoms with Gasteiger partial charge in [-0.3, -0.25) is 14.6 Å². The van der Waals surface area contributed by atoms with Gasteiger partial charge in [-0.2, -0.15) is 0 Å². The number of hydrogen-bond acceptors (Lipinski definition) is 5. The first kappa shape index (κ1) is 32.8. The number of rotatable bonds is 15. The molecule has 3 aromatic rings. The van der Waals surface area contributed by atoms with Crippen LogP contribution in [0.3, 0.4) is 0 Å². The molecule has 0 aliphatic rings. The molecule has 226 valence electrons. The fourth-order valence-electron chi connectivity index (χ4n) is 4.86. The van der Waals surface area contributed by atoms with Gasteiger partial charge in [-0.25, -0.2) is 8.78 Å². The van der Waals surface area contributed by atoms with Crippen LogP contribution in [0.15, 0.2) is 54.7 Å². The van der Waals surface area contributed by atoms with Gasteiger partial charge in [0.25, 0.3) is 11.8 Å². The van der Waals surface area contributed by atoms with Crippen molar-refractivity contribution in [1.29, 1.82) is 0 Å². The maximum atomic E-state index is 14.0. The average molecular weight is 581 g/mol. The minimum Gasteiger partial charge on any atom is -0.373 e. The quantitative estimate of drug-likeness (QED) is 0.252. The molecule has 0 saturated carbocycles. The van der Waals surface area contributed by atoms with E-state index in [0.717, 1.165) is 42.1 Å². The molecule has 2 amide bonds. The lowest BCUT2D eigenvalue weighted by Gasteiger charge is -2.26. The highest BCUT2D eigenvalue weighted by Crippen LogP contribution is 2.16. The highest BCUT2D eigenvalue weighted by Gasteiger charge is 2.24. The van der Waals surface area contributed by atoms with Crippen molar-refractivity contribution in [2.45, 2.75) is 72.1 Å². The molecule has 0 spiro atoms. The van der Waals surface area contributed by atoms with E-state index in [9.17, 15) is 18.4 Å². The molecule has 2 unspecified atom stereocenters. The molecule has 3 rings (SSSR count). The third kappa shape index (κ3) is 9.70. The number of carbonyl (C=O) groups excluding carboxylic acids is 2. The summed E-state index contributed by atoms with van der Waals surface area (Å²) in [5.74, 6) is -2.01. The number of aryl methyl sites for hydroxylation is 2. The Morgan fingerprint density at radius 1 is 0.952 bits per heavy atom. The van der Waals surface area contributed by atoms with E-state index < -0.39 is 29.6 Å². The van der Waals surface area contributed by atoms with Gasteiger partial charge in [0.15, 0.2) is 0 Å². The molecule has 3 N–H and O–H groups in total. The Morgan fingerprint density at radius 2 is 1.62 bits per heavy atom. The molecule has 0 aliphatic heterocycles. The van der Waals surface area contributed by atoms with Crippen LogP contribution in [0, 0.1) is 18.6 Å². The Kier molecular flexibility index (Phi) is 12.6. The molecule has 1 aromatic heterocycles. The Bertz CT molecular complexity index is 1320. The fraction of sp³-hybridized carbons (Fsp3) is 0.424. The molecule has 0 bridgehead atoms. The number of nitrogens with one attached hydrogen (secondary N) is 1. The highest BCUT2D eigenvalue weighted by atomic mass is 19.1. The summed E-state index contributed by atoms with van der Waals surface area (Å²) in [6, 6.07) is 10.8. The Morgan fingerprint density at radius 3 is 2.26 bits per heavy atom. The number of ether oxygens (including phenoxy) is 1. The summed E-state index contributed by atoms with van der Waals surface area (Å²) in [4.78, 5) is 32.9. The van der Waals surface area contributed by atoms with E-state index in [-0.39, 0.29) is 25.5 Å². The lowest BCUT2D eigenvalue weighted by atomic mass is 9.98. The van der Waals surface area contributed by atoms with Gasteiger partial charge in [0.1, 0.15) is 11.6 Å². The lowest BCUT2D eigenvalue weighted by molar-refractivity contribution is 0.0755. The van der Waals surface area contributed by atoms with Crippen molar-refractivity contribution in [2.24, 2.45) is 5.73 Å². The van der Waals surface area contributed by atoms with Gasteiger partial charge in [0, 0.05) is 42.5 Å². The predicted octanol–water partition coefficient (Wildman–Crippen LogP) is 5.38. The summed E-state index contributed by atoms with van der Waals surface area (Å²) in [5, 5.41) is 2.93. The summed E-state index contributed by atoms with van der Waals surface area (Å²) in [6.07, 6.45) is 4.33. The third-order valence-corrected chi connectivity index (χ3v) is 6.92. The van der Waals surface area contributed by atoms with Crippen molar-refractivity contribution < 1.29 is 23.1 Å². The summed E-state index contributed by atoms with van der Waals surface area (Å²) in [5.41, 5.74) is 10.2. The monoisotopic (exact) mass is 580 g/mol. The van der Waals surface area contributed by atoms with E-state index in [0.29, 0.717) is 29.8 Å². The standard InChI is InChI=1S/C33H42F2N4O3/c1-5-10-39(11-6-2)33(41)26-13-22(4)12-25(18-26)32(40)38-31(17-24-14-27(34)19-28(35)15-24)30(36)21-42-20-29-16-23(7-3)8-9-37-29/h8-9,12-16,18-19,30-31H,5-7,10-11,17,20-21,36H2,1-4H3,(H,38,40). The molecule has 0 fully saturated rings. The molecular weight excluding hydrogens is 538 g/mol. The second kappa shape index (κ2) is 16.1. The van der Waals surface area contributed by atoms with Crippen LogP contribution >= 0.6 is 0 Å². The maximum absolute atomic E-state index is 14.0. The van der Waals surface area contributed by atoms with Crippen LogP contribution in [0.5, 0.6) is 0 Å². The zero-order valence-corrected chi connectivity index (χ0v) is 25.0. The van der Waals surface area contributed by atoms with Crippen LogP contribution in [-0.4, -0.2) is 53.5 Å². The van der Waals surface area contributed by atoms with E-state index in [4.69, 9.17) is 10.5 Å². The zero-order chi connectivity index (χ0) is 30.6. The minimum absolute atomic E-state index is 0.0708. The molecule has 2 atom stereocenters. The van der Waals surface area contributed by atoms with Gasteiger partial charge in [-0.05, 0) is 91.8 Å². The van der Waals surface area contributed by atoms with Crippen LogP contribution in [-0.2, 0) is 24.2 Å². The fourth-order valence-corrected chi connectivity index (χ4v) is 4.86. The summed E-state index contributed by atoms with van der Waals surface area (Å²) in [7, 11) is 0. The first-order valence-corrected chi connectivity index (χ1v) is 14.6. The van der Waals surface area contributed by atoms with Crippen molar-refractivity contribution in [3.63, 3.8) is 0 Å². The Balaban J connectivity index is 1.80. The summed E-state index contributed by atoms with van der Waals surface area (Å²) < 4.78 is 33.8. The largest absolute Gasteiger partial charge is 0.373 e. The van der Waals surface area contributed by atoms with Crippen LogP contribution in [0.1, 0.15) is 76.7 Å². The first-order chi connectivity index (χ1) is 20.1. The zero-order valence-electron chi connectivity index (χ0n) is 25.0. The Hall–Kier alpha value is -3.69. The molecule has 2 aromatic carbocycles. The number of benzene rings is 2. The number of nitrogens with zero attached hydrogens (tertiary/aromatic N) is 2. The predicted molar refractivity (Wildman–Crippen MR) is 160 cm³/mol. The van der Waals surface area contributed by atoms with Gasteiger partial charge >= 0.3 is 0 Å². The molecule has 0 saturated heterocycles. The minimum atomic E-state index is -0.718. The molecule has 0 radical (unpaired) electrons. The second-order valence-corrected chi connectivity index (χ2v) is 10.6. The Labute approximate surface area is 247 Å². The number of pyridine rings is 1. The van der Waals surface area contributed by atoms with Gasteiger partial charge in [0.2, 0.25) is 0 Å². The number of halogens is 2. The van der Waals surface area contributed by atoms with Gasteiger partial charge in [-0.1, -0.05) is 20.8 Å². The number of hydrogen-bond donors (Lipinski definition) is 2. The second-order valence-electron chi connectivity index (χ2n) is 10.6. The summed E-state index contributed by atoms with van der Waals surface area (Å²) in [6.45, 7) is 9.46. The highest BCUT2D eigenvalue weighted by molar-refractivity contribution is 6.00. The van der Waals surface area contributed by atoms with Crippen molar-refractivity contribution in [1.82, 2.24) is 15.2 Å². The topological polar surface area (TPSA) is 97.6 Å². The number of carbonyl (C=O) groups is 2. The van der Waals surface area contributed by atoms with Gasteiger partial charge in [-0.15, -0.1) is 0 Å². The number of amides is 2.